The lowest BCUT2D eigenvalue weighted by molar-refractivity contribution is 0.0983. The van der Waals surface area contributed by atoms with Gasteiger partial charge in [0.1, 0.15) is 0 Å². The zero-order chi connectivity index (χ0) is 14.9. The lowest BCUT2D eigenvalue weighted by Crippen LogP contribution is -2.22. The van der Waals surface area contributed by atoms with E-state index in [0.29, 0.717) is 17.2 Å². The highest BCUT2D eigenvalue weighted by Crippen LogP contribution is 2.29. The first-order valence-electron chi connectivity index (χ1n) is 6.41. The van der Waals surface area contributed by atoms with Crippen LogP contribution >= 0.6 is 11.6 Å². The molecule has 0 aliphatic heterocycles. The van der Waals surface area contributed by atoms with E-state index in [1.54, 1.807) is 36.5 Å². The summed E-state index contributed by atoms with van der Waals surface area (Å²) in [6.45, 7) is 4.06. The van der Waals surface area contributed by atoms with Gasteiger partial charge in [-0.2, -0.15) is 0 Å². The van der Waals surface area contributed by atoms with E-state index in [1.165, 1.54) is 0 Å². The van der Waals surface area contributed by atoms with Gasteiger partial charge in [0, 0.05) is 29.8 Å². The van der Waals surface area contributed by atoms with Crippen molar-refractivity contribution in [1.29, 1.82) is 0 Å². The molecule has 0 saturated heterocycles. The van der Waals surface area contributed by atoms with E-state index >= 15 is 0 Å². The van der Waals surface area contributed by atoms with E-state index in [4.69, 9.17) is 11.6 Å². The fourth-order valence-electron chi connectivity index (χ4n) is 1.88. The summed E-state index contributed by atoms with van der Waals surface area (Å²) in [5, 5.41) is -0.0119. The Bertz CT molecular complexity index is 629. The smallest absolute Gasteiger partial charge is 0.205 e. The maximum Gasteiger partial charge on any atom is 0.205 e. The van der Waals surface area contributed by atoms with Crippen LogP contribution in [-0.2, 0) is 0 Å². The molecule has 20 heavy (non-hydrogen) atoms. The van der Waals surface area contributed by atoms with Crippen LogP contribution in [0.5, 0.6) is 0 Å². The van der Waals surface area contributed by atoms with Crippen molar-refractivity contribution in [2.24, 2.45) is 0 Å². The summed E-state index contributed by atoms with van der Waals surface area (Å²) in [6.07, 6.45) is 3.38. The molecule has 1 aromatic carbocycles. The molecular weight excluding hydrogens is 274 g/mol. The summed E-state index contributed by atoms with van der Waals surface area (Å²) in [7, 11) is 1.90. The maximum atomic E-state index is 12.4. The molecule has 0 radical (unpaired) electrons. The molecule has 0 N–H and O–H groups in total. The Kier molecular flexibility index (Phi) is 4.09. The van der Waals surface area contributed by atoms with E-state index in [1.807, 2.05) is 25.8 Å². The quantitative estimate of drug-likeness (QED) is 0.856. The number of Topliss-reactive ketones (excluding diaryl/α,β-unsaturated/α-hetero) is 2. The number of rotatable bonds is 3. The van der Waals surface area contributed by atoms with Crippen LogP contribution in [0.4, 0.5) is 0 Å². The molecule has 0 heterocycles. The van der Waals surface area contributed by atoms with Crippen LogP contribution in [-0.4, -0.2) is 29.6 Å². The van der Waals surface area contributed by atoms with Gasteiger partial charge in [0.15, 0.2) is 5.78 Å². The number of benzene rings is 1. The Hall–Kier alpha value is -1.87. The summed E-state index contributed by atoms with van der Waals surface area (Å²) in [6, 6.07) is 7.04. The van der Waals surface area contributed by atoms with Gasteiger partial charge in [-0.15, -0.1) is 0 Å². The number of carbonyl (C=O) groups excluding carboxylic acids is 2. The molecule has 4 heteroatoms. The number of allylic oxidation sites excluding steroid dienone is 3. The fraction of sp³-hybridized carbons (Fsp3) is 0.250. The largest absolute Gasteiger partial charge is 0.378 e. The zero-order valence-electron chi connectivity index (χ0n) is 11.7. The van der Waals surface area contributed by atoms with Crippen molar-refractivity contribution in [3.63, 3.8) is 0 Å². The number of ketones is 2. The Morgan fingerprint density at radius 3 is 2.20 bits per heavy atom. The Morgan fingerprint density at radius 2 is 1.65 bits per heavy atom. The van der Waals surface area contributed by atoms with Crippen LogP contribution in [0, 0.1) is 0 Å². The van der Waals surface area contributed by atoms with Gasteiger partial charge in [-0.1, -0.05) is 35.9 Å². The minimum Gasteiger partial charge on any atom is -0.378 e. The van der Waals surface area contributed by atoms with Crippen molar-refractivity contribution in [2.75, 3.05) is 7.05 Å². The third-order valence-corrected chi connectivity index (χ3v) is 3.76. The van der Waals surface area contributed by atoms with Crippen molar-refractivity contribution in [1.82, 2.24) is 4.90 Å². The Labute approximate surface area is 123 Å². The highest BCUT2D eigenvalue weighted by molar-refractivity contribution is 6.50. The number of hydrogen-bond acceptors (Lipinski definition) is 3. The normalized spacial score (nSPS) is 15.2. The van der Waals surface area contributed by atoms with Gasteiger partial charge in [0.05, 0.1) is 5.03 Å². The van der Waals surface area contributed by atoms with Gasteiger partial charge < -0.3 is 4.90 Å². The molecule has 0 saturated carbocycles. The maximum absolute atomic E-state index is 12.4. The molecule has 0 aromatic heterocycles. The van der Waals surface area contributed by atoms with Crippen LogP contribution < -0.4 is 0 Å². The molecular formula is C16H16ClNO2. The minimum atomic E-state index is -0.297. The van der Waals surface area contributed by atoms with E-state index in [-0.39, 0.29) is 22.2 Å². The summed E-state index contributed by atoms with van der Waals surface area (Å²) in [5.74, 6) is -0.507. The molecule has 0 bridgehead atoms. The second kappa shape index (κ2) is 5.63. The molecule has 104 valence electrons. The van der Waals surface area contributed by atoms with Crippen LogP contribution in [0.3, 0.4) is 0 Å². The van der Waals surface area contributed by atoms with Crippen LogP contribution in [0.25, 0.3) is 0 Å². The topological polar surface area (TPSA) is 37.4 Å². The minimum absolute atomic E-state index is 0.0119. The van der Waals surface area contributed by atoms with Gasteiger partial charge >= 0.3 is 0 Å². The zero-order valence-corrected chi connectivity index (χ0v) is 12.4. The number of nitrogens with zero attached hydrogens (tertiary/aromatic N) is 1. The first-order chi connectivity index (χ1) is 9.43. The molecule has 0 unspecified atom stereocenters. The monoisotopic (exact) mass is 289 g/mol. The number of halogens is 1. The molecule has 0 atom stereocenters. The first kappa shape index (κ1) is 14.5. The lowest BCUT2D eigenvalue weighted by atomic mass is 9.89. The predicted molar refractivity (Wildman–Crippen MR) is 80.0 cm³/mol. The SMILES string of the molecule is CC(C)N(C)/C=C/C1=C(Cl)C(=O)c2ccccc2C1=O. The molecule has 1 aliphatic carbocycles. The van der Waals surface area contributed by atoms with Gasteiger partial charge in [-0.25, -0.2) is 0 Å². The van der Waals surface area contributed by atoms with Crippen LogP contribution in [0.1, 0.15) is 34.6 Å². The highest BCUT2D eigenvalue weighted by Gasteiger charge is 2.29. The summed E-state index contributed by atoms with van der Waals surface area (Å²) >= 11 is 6.06. The Morgan fingerprint density at radius 1 is 1.10 bits per heavy atom. The lowest BCUT2D eigenvalue weighted by Gasteiger charge is -2.20. The van der Waals surface area contributed by atoms with Crippen molar-refractivity contribution >= 4 is 23.2 Å². The summed E-state index contributed by atoms with van der Waals surface area (Å²) < 4.78 is 0. The summed E-state index contributed by atoms with van der Waals surface area (Å²) in [4.78, 5) is 26.5. The van der Waals surface area contributed by atoms with E-state index in [0.717, 1.165) is 0 Å². The molecule has 1 aliphatic rings. The van der Waals surface area contributed by atoms with Crippen LogP contribution in [0.15, 0.2) is 47.1 Å². The number of fused-ring (bicyclic) bond motifs is 1. The molecule has 0 fully saturated rings. The first-order valence-corrected chi connectivity index (χ1v) is 6.79. The van der Waals surface area contributed by atoms with Crippen LogP contribution in [0.2, 0.25) is 0 Å². The predicted octanol–water partition coefficient (Wildman–Crippen LogP) is 3.41. The van der Waals surface area contributed by atoms with Crippen molar-refractivity contribution in [3.05, 3.63) is 58.3 Å². The van der Waals surface area contributed by atoms with E-state index in [9.17, 15) is 9.59 Å². The second-order valence-electron chi connectivity index (χ2n) is 5.01. The molecule has 3 nitrogen and oxygen atoms in total. The average Bonchev–Trinajstić information content (AvgIpc) is 2.44. The van der Waals surface area contributed by atoms with Crippen molar-refractivity contribution < 1.29 is 9.59 Å². The van der Waals surface area contributed by atoms with Gasteiger partial charge in [-0.05, 0) is 26.1 Å². The van der Waals surface area contributed by atoms with Gasteiger partial charge in [0.25, 0.3) is 0 Å². The van der Waals surface area contributed by atoms with Crippen molar-refractivity contribution in [2.45, 2.75) is 19.9 Å². The van der Waals surface area contributed by atoms with Gasteiger partial charge in [0.2, 0.25) is 5.78 Å². The third kappa shape index (κ3) is 2.54. The number of hydrogen-bond donors (Lipinski definition) is 0. The molecule has 0 spiro atoms. The summed E-state index contributed by atoms with van der Waals surface area (Å²) in [5.41, 5.74) is 1.04. The van der Waals surface area contributed by atoms with E-state index in [2.05, 4.69) is 0 Å². The second-order valence-corrected chi connectivity index (χ2v) is 5.38. The molecule has 1 aromatic rings. The average molecular weight is 290 g/mol. The van der Waals surface area contributed by atoms with Gasteiger partial charge in [-0.3, -0.25) is 9.59 Å². The third-order valence-electron chi connectivity index (χ3n) is 3.39. The highest BCUT2D eigenvalue weighted by atomic mass is 35.5. The van der Waals surface area contributed by atoms with Crippen molar-refractivity contribution in [3.8, 4) is 0 Å². The Balaban J connectivity index is 2.42. The van der Waals surface area contributed by atoms with E-state index < -0.39 is 0 Å². The molecule has 0 amide bonds. The standard InChI is InChI=1S/C16H16ClNO2/c1-10(2)18(3)9-8-13-14(17)16(20)12-7-5-4-6-11(12)15(13)19/h4-10H,1-3H3/b9-8+. The fourth-order valence-corrected chi connectivity index (χ4v) is 2.13. The molecule has 2 rings (SSSR count). The number of carbonyl (C=O) groups is 2.